The van der Waals surface area contributed by atoms with E-state index in [9.17, 15) is 18.0 Å². The van der Waals surface area contributed by atoms with Gasteiger partial charge in [0, 0.05) is 19.5 Å². The average Bonchev–Trinajstić information content (AvgIpc) is 2.91. The summed E-state index contributed by atoms with van der Waals surface area (Å²) in [5.41, 5.74) is 3.58. The first kappa shape index (κ1) is 31.5. The third-order valence-corrected chi connectivity index (χ3v) is 8.55. The second-order valence-corrected chi connectivity index (χ2v) is 12.5. The Hall–Kier alpha value is -3.07. The Kier molecular flexibility index (Phi) is 11.0. The Labute approximate surface area is 247 Å². The summed E-state index contributed by atoms with van der Waals surface area (Å²) in [6.07, 6.45) is 2.03. The molecule has 0 saturated heterocycles. The number of hydrogen-bond donors (Lipinski definition) is 1. The molecule has 0 fully saturated rings. The van der Waals surface area contributed by atoms with Crippen LogP contribution in [0.5, 0.6) is 0 Å². The molecule has 0 radical (unpaired) electrons. The van der Waals surface area contributed by atoms with Gasteiger partial charge < -0.3 is 10.2 Å². The first-order chi connectivity index (χ1) is 18.9. The van der Waals surface area contributed by atoms with Gasteiger partial charge >= 0.3 is 0 Å². The molecule has 3 rings (SSSR count). The zero-order chi connectivity index (χ0) is 29.4. The summed E-state index contributed by atoms with van der Waals surface area (Å²) in [6, 6.07) is 18.8. The Morgan fingerprint density at radius 3 is 2.25 bits per heavy atom. The van der Waals surface area contributed by atoms with Gasteiger partial charge in [-0.2, -0.15) is 0 Å². The fourth-order valence-corrected chi connectivity index (χ4v) is 5.58. The molecule has 0 bridgehead atoms. The van der Waals surface area contributed by atoms with Gasteiger partial charge in [0.05, 0.1) is 22.0 Å². The molecule has 0 aromatic heterocycles. The van der Waals surface area contributed by atoms with Crippen LogP contribution in [0.15, 0.2) is 66.7 Å². The number of hydrogen-bond acceptors (Lipinski definition) is 4. The van der Waals surface area contributed by atoms with E-state index in [1.54, 1.807) is 30.3 Å². The summed E-state index contributed by atoms with van der Waals surface area (Å²) >= 11 is 12.4. The molecule has 3 aromatic rings. The van der Waals surface area contributed by atoms with Crippen molar-refractivity contribution in [2.45, 2.75) is 46.2 Å². The highest BCUT2D eigenvalue weighted by molar-refractivity contribution is 7.92. The van der Waals surface area contributed by atoms with E-state index < -0.39 is 28.5 Å². The lowest BCUT2D eigenvalue weighted by atomic mass is 10.0. The number of amides is 2. The highest BCUT2D eigenvalue weighted by atomic mass is 35.5. The number of halogens is 2. The molecule has 0 aliphatic heterocycles. The molecule has 3 aromatic carbocycles. The molecule has 0 unspecified atom stereocenters. The molecule has 10 heteroatoms. The number of nitrogens with one attached hydrogen (secondary N) is 1. The molecule has 40 heavy (non-hydrogen) atoms. The first-order valence-corrected chi connectivity index (χ1v) is 15.6. The summed E-state index contributed by atoms with van der Waals surface area (Å²) in [4.78, 5) is 29.1. The van der Waals surface area contributed by atoms with Gasteiger partial charge in [0.25, 0.3) is 0 Å². The minimum atomic E-state index is -3.84. The molecule has 0 aliphatic rings. The molecule has 7 nitrogen and oxygen atoms in total. The average molecular weight is 605 g/mol. The highest BCUT2D eigenvalue weighted by Crippen LogP contribution is 2.27. The third kappa shape index (κ3) is 8.22. The standard InChI is InChI=1S/C30H35Cl2N3O4S/c1-5-16-33-30(37)28(18-23-11-7-6-8-12-23)34(19-24-14-15-25(31)26(32)17-24)29(36)20-35(40(4,38)39)27-13-9-10-21(2)22(27)3/h6-15,17,28H,5,16,18-20H2,1-4H3,(H,33,37)/t28-/m0/s1. The van der Waals surface area contributed by atoms with Crippen LogP contribution in [0.1, 0.15) is 35.6 Å². The van der Waals surface area contributed by atoms with E-state index >= 15 is 0 Å². The number of carbonyl (C=O) groups is 2. The van der Waals surface area contributed by atoms with Gasteiger partial charge in [-0.25, -0.2) is 8.42 Å². The Morgan fingerprint density at radius 2 is 1.62 bits per heavy atom. The van der Waals surface area contributed by atoms with E-state index in [0.717, 1.165) is 33.7 Å². The van der Waals surface area contributed by atoms with Crippen molar-refractivity contribution in [1.82, 2.24) is 10.2 Å². The fraction of sp³-hybridized carbons (Fsp3) is 0.333. The van der Waals surface area contributed by atoms with Gasteiger partial charge in [0.2, 0.25) is 21.8 Å². The van der Waals surface area contributed by atoms with Crippen LogP contribution in [0.2, 0.25) is 10.0 Å². The zero-order valence-electron chi connectivity index (χ0n) is 23.2. The van der Waals surface area contributed by atoms with Gasteiger partial charge in [-0.1, -0.05) is 78.7 Å². The Morgan fingerprint density at radius 1 is 0.925 bits per heavy atom. The lowest BCUT2D eigenvalue weighted by molar-refractivity contribution is -0.140. The maximum absolute atomic E-state index is 14.1. The van der Waals surface area contributed by atoms with Gasteiger partial charge in [0.15, 0.2) is 0 Å². The van der Waals surface area contributed by atoms with Crippen LogP contribution >= 0.6 is 23.2 Å². The number of anilines is 1. The maximum Gasteiger partial charge on any atom is 0.244 e. The van der Waals surface area contributed by atoms with Crippen molar-refractivity contribution in [2.24, 2.45) is 0 Å². The van der Waals surface area contributed by atoms with Gasteiger partial charge in [-0.3, -0.25) is 13.9 Å². The van der Waals surface area contributed by atoms with Crippen molar-refractivity contribution in [3.05, 3.63) is 99.0 Å². The highest BCUT2D eigenvalue weighted by Gasteiger charge is 2.33. The number of sulfonamides is 1. The largest absolute Gasteiger partial charge is 0.354 e. The third-order valence-electron chi connectivity index (χ3n) is 6.68. The van der Waals surface area contributed by atoms with E-state index in [0.29, 0.717) is 27.8 Å². The first-order valence-electron chi connectivity index (χ1n) is 13.0. The van der Waals surface area contributed by atoms with Crippen LogP contribution in [0.25, 0.3) is 0 Å². The lowest BCUT2D eigenvalue weighted by Gasteiger charge is -2.34. The summed E-state index contributed by atoms with van der Waals surface area (Å²) in [6.45, 7) is 5.63. The molecule has 0 saturated carbocycles. The summed E-state index contributed by atoms with van der Waals surface area (Å²) in [5, 5.41) is 3.59. The number of rotatable bonds is 12. The molecular weight excluding hydrogens is 569 g/mol. The van der Waals surface area contributed by atoms with Crippen molar-refractivity contribution in [2.75, 3.05) is 23.7 Å². The number of nitrogens with zero attached hydrogens (tertiary/aromatic N) is 2. The number of benzene rings is 3. The predicted molar refractivity (Wildman–Crippen MR) is 162 cm³/mol. The van der Waals surface area contributed by atoms with Crippen molar-refractivity contribution in [3.8, 4) is 0 Å². The van der Waals surface area contributed by atoms with Crippen molar-refractivity contribution >= 4 is 50.7 Å². The van der Waals surface area contributed by atoms with E-state index in [-0.39, 0.29) is 18.9 Å². The monoisotopic (exact) mass is 603 g/mol. The Bertz CT molecular complexity index is 1450. The van der Waals surface area contributed by atoms with E-state index in [1.165, 1.54) is 4.90 Å². The predicted octanol–water partition coefficient (Wildman–Crippen LogP) is 5.54. The van der Waals surface area contributed by atoms with E-state index in [1.807, 2.05) is 57.2 Å². The van der Waals surface area contributed by atoms with E-state index in [2.05, 4.69) is 5.32 Å². The molecule has 1 N–H and O–H groups in total. The zero-order valence-corrected chi connectivity index (χ0v) is 25.5. The lowest BCUT2D eigenvalue weighted by Crippen LogP contribution is -2.53. The number of aryl methyl sites for hydroxylation is 1. The van der Waals surface area contributed by atoms with Crippen LogP contribution in [0.4, 0.5) is 5.69 Å². The molecule has 2 amide bonds. The SMILES string of the molecule is CCCNC(=O)[C@H](Cc1ccccc1)N(Cc1ccc(Cl)c(Cl)c1)C(=O)CN(c1cccc(C)c1C)S(C)(=O)=O. The van der Waals surface area contributed by atoms with Crippen LogP contribution in [-0.2, 0) is 32.6 Å². The van der Waals surface area contributed by atoms with Crippen LogP contribution in [0, 0.1) is 13.8 Å². The molecular formula is C30H35Cl2N3O4S. The maximum atomic E-state index is 14.1. The molecule has 1 atom stereocenters. The molecule has 0 heterocycles. The van der Waals surface area contributed by atoms with Crippen molar-refractivity contribution in [1.29, 1.82) is 0 Å². The van der Waals surface area contributed by atoms with Crippen molar-refractivity contribution < 1.29 is 18.0 Å². The van der Waals surface area contributed by atoms with Crippen LogP contribution < -0.4 is 9.62 Å². The van der Waals surface area contributed by atoms with E-state index in [4.69, 9.17) is 23.2 Å². The minimum Gasteiger partial charge on any atom is -0.354 e. The smallest absolute Gasteiger partial charge is 0.244 e. The fourth-order valence-electron chi connectivity index (χ4n) is 4.36. The van der Waals surface area contributed by atoms with Gasteiger partial charge in [0.1, 0.15) is 12.6 Å². The molecule has 214 valence electrons. The summed E-state index contributed by atoms with van der Waals surface area (Å²) in [7, 11) is -3.84. The number of carbonyl (C=O) groups excluding carboxylic acids is 2. The second kappa shape index (κ2) is 14.0. The summed E-state index contributed by atoms with van der Waals surface area (Å²) in [5.74, 6) is -0.846. The van der Waals surface area contributed by atoms with Gasteiger partial charge in [-0.15, -0.1) is 0 Å². The topological polar surface area (TPSA) is 86.8 Å². The minimum absolute atomic E-state index is 0.0250. The second-order valence-electron chi connectivity index (χ2n) is 9.76. The molecule has 0 spiro atoms. The quantitative estimate of drug-likeness (QED) is 0.294. The Balaban J connectivity index is 2.09. The van der Waals surface area contributed by atoms with Gasteiger partial charge in [-0.05, 0) is 60.7 Å². The molecule has 0 aliphatic carbocycles. The van der Waals surface area contributed by atoms with Crippen molar-refractivity contribution in [3.63, 3.8) is 0 Å². The van der Waals surface area contributed by atoms with Crippen LogP contribution in [-0.4, -0.2) is 50.5 Å². The normalized spacial score (nSPS) is 12.1. The van der Waals surface area contributed by atoms with Crippen LogP contribution in [0.3, 0.4) is 0 Å². The summed E-state index contributed by atoms with van der Waals surface area (Å²) < 4.78 is 27.0.